The Labute approximate surface area is 159 Å². The minimum absolute atomic E-state index is 0.484. The fourth-order valence-electron chi connectivity index (χ4n) is 2.37. The highest BCUT2D eigenvalue weighted by molar-refractivity contribution is 6.29. The number of rotatable bonds is 8. The van der Waals surface area contributed by atoms with Gasteiger partial charge in [0.1, 0.15) is 5.15 Å². The minimum atomic E-state index is 0.484. The lowest BCUT2D eigenvalue weighted by Crippen LogP contribution is -2.38. The van der Waals surface area contributed by atoms with Crippen molar-refractivity contribution in [3.05, 3.63) is 52.8 Å². The number of aliphatic imine (C=N–C) groups is 1. The monoisotopic (exact) mass is 376 g/mol. The molecule has 7 heteroatoms. The first-order valence-corrected chi connectivity index (χ1v) is 8.87. The fraction of sp³-hybridized carbons (Fsp3) is 0.368. The van der Waals surface area contributed by atoms with Crippen molar-refractivity contribution < 1.29 is 9.47 Å². The molecular weight excluding hydrogens is 352 g/mol. The summed E-state index contributed by atoms with van der Waals surface area (Å²) in [4.78, 5) is 8.64. The van der Waals surface area contributed by atoms with Crippen molar-refractivity contribution in [3.8, 4) is 11.5 Å². The molecule has 26 heavy (non-hydrogen) atoms. The second kappa shape index (κ2) is 10.5. The van der Waals surface area contributed by atoms with Crippen molar-refractivity contribution >= 4 is 17.6 Å². The van der Waals surface area contributed by atoms with Crippen LogP contribution in [0, 0.1) is 0 Å². The molecule has 2 aromatic rings. The number of nitrogens with zero attached hydrogens (tertiary/aromatic N) is 2. The molecule has 1 heterocycles. The van der Waals surface area contributed by atoms with E-state index in [2.05, 4.69) is 20.6 Å². The SMILES string of the molecule is CCNC(=NCc1ccc(Cl)nc1)NCCc1ccc(OC)c(OC)c1. The van der Waals surface area contributed by atoms with Crippen LogP contribution >= 0.6 is 11.6 Å². The van der Waals surface area contributed by atoms with Gasteiger partial charge in [0.05, 0.1) is 20.8 Å². The van der Waals surface area contributed by atoms with Gasteiger partial charge in [-0.1, -0.05) is 23.7 Å². The van der Waals surface area contributed by atoms with E-state index in [0.717, 1.165) is 48.1 Å². The maximum atomic E-state index is 5.80. The number of hydrogen-bond donors (Lipinski definition) is 2. The molecule has 0 aliphatic carbocycles. The van der Waals surface area contributed by atoms with Crippen LogP contribution < -0.4 is 20.1 Å². The Morgan fingerprint density at radius 1 is 1.08 bits per heavy atom. The Morgan fingerprint density at radius 2 is 1.85 bits per heavy atom. The molecule has 0 aliphatic rings. The standard InChI is InChI=1S/C19H25ClN4O2/c1-4-21-19(24-13-15-6-8-18(20)23-12-15)22-10-9-14-5-7-16(25-2)17(11-14)26-3/h5-8,11-12H,4,9-10,13H2,1-3H3,(H2,21,22,24). The Kier molecular flexibility index (Phi) is 8.02. The summed E-state index contributed by atoms with van der Waals surface area (Å²) in [5.74, 6) is 2.24. The molecule has 2 N–H and O–H groups in total. The number of benzene rings is 1. The first-order chi connectivity index (χ1) is 12.7. The van der Waals surface area contributed by atoms with Gasteiger partial charge < -0.3 is 20.1 Å². The van der Waals surface area contributed by atoms with E-state index in [1.54, 1.807) is 26.5 Å². The minimum Gasteiger partial charge on any atom is -0.493 e. The third-order valence-electron chi connectivity index (χ3n) is 3.71. The van der Waals surface area contributed by atoms with Crippen LogP contribution in [0.5, 0.6) is 11.5 Å². The van der Waals surface area contributed by atoms with E-state index in [9.17, 15) is 0 Å². The topological polar surface area (TPSA) is 67.8 Å². The van der Waals surface area contributed by atoms with Crippen LogP contribution in [0.4, 0.5) is 0 Å². The Balaban J connectivity index is 1.91. The average molecular weight is 377 g/mol. The Morgan fingerprint density at radius 3 is 2.50 bits per heavy atom. The molecule has 0 spiro atoms. The van der Waals surface area contributed by atoms with Crippen LogP contribution in [0.25, 0.3) is 0 Å². The summed E-state index contributed by atoms with van der Waals surface area (Å²) in [7, 11) is 3.27. The number of guanidine groups is 1. The molecule has 0 saturated heterocycles. The molecule has 0 saturated carbocycles. The normalized spacial score (nSPS) is 11.2. The number of pyridine rings is 1. The average Bonchev–Trinajstić information content (AvgIpc) is 2.67. The number of methoxy groups -OCH3 is 2. The van der Waals surface area contributed by atoms with Gasteiger partial charge in [-0.2, -0.15) is 0 Å². The lowest BCUT2D eigenvalue weighted by molar-refractivity contribution is 0.354. The van der Waals surface area contributed by atoms with Gasteiger partial charge in [0.25, 0.3) is 0 Å². The molecule has 0 amide bonds. The van der Waals surface area contributed by atoms with Crippen LogP contribution in [0.1, 0.15) is 18.1 Å². The highest BCUT2D eigenvalue weighted by Gasteiger charge is 2.05. The van der Waals surface area contributed by atoms with Crippen LogP contribution in [0.15, 0.2) is 41.5 Å². The van der Waals surface area contributed by atoms with Gasteiger partial charge >= 0.3 is 0 Å². The Hall–Kier alpha value is -2.47. The second-order valence-corrected chi connectivity index (χ2v) is 5.94. The van der Waals surface area contributed by atoms with Gasteiger partial charge in [0, 0.05) is 19.3 Å². The highest BCUT2D eigenvalue weighted by atomic mass is 35.5. The summed E-state index contributed by atoms with van der Waals surface area (Å²) < 4.78 is 10.6. The molecule has 0 aliphatic heterocycles. The predicted octanol–water partition coefficient (Wildman–Crippen LogP) is 3.05. The van der Waals surface area contributed by atoms with E-state index in [1.165, 1.54) is 0 Å². The number of halogens is 1. The molecule has 2 rings (SSSR count). The molecule has 0 bridgehead atoms. The van der Waals surface area contributed by atoms with Crippen molar-refractivity contribution in [3.63, 3.8) is 0 Å². The van der Waals surface area contributed by atoms with E-state index in [0.29, 0.717) is 11.7 Å². The van der Waals surface area contributed by atoms with Gasteiger partial charge in [-0.05, 0) is 42.7 Å². The van der Waals surface area contributed by atoms with Crippen LogP contribution in [-0.2, 0) is 13.0 Å². The van der Waals surface area contributed by atoms with Crippen LogP contribution in [0.2, 0.25) is 5.15 Å². The van der Waals surface area contributed by atoms with Crippen molar-refractivity contribution in [2.75, 3.05) is 27.3 Å². The quantitative estimate of drug-likeness (QED) is 0.421. The smallest absolute Gasteiger partial charge is 0.191 e. The first kappa shape index (κ1) is 19.8. The van der Waals surface area contributed by atoms with Crippen molar-refractivity contribution in [2.45, 2.75) is 19.9 Å². The molecule has 1 aromatic heterocycles. The molecule has 1 aromatic carbocycles. The fourth-order valence-corrected chi connectivity index (χ4v) is 2.49. The first-order valence-electron chi connectivity index (χ1n) is 8.49. The van der Waals surface area contributed by atoms with E-state index in [4.69, 9.17) is 21.1 Å². The number of aromatic nitrogens is 1. The van der Waals surface area contributed by atoms with Crippen molar-refractivity contribution in [1.82, 2.24) is 15.6 Å². The van der Waals surface area contributed by atoms with Gasteiger partial charge in [-0.15, -0.1) is 0 Å². The molecule has 0 fully saturated rings. The summed E-state index contributed by atoms with van der Waals surface area (Å²) in [6.07, 6.45) is 2.58. The van der Waals surface area contributed by atoms with Gasteiger partial charge in [0.2, 0.25) is 0 Å². The van der Waals surface area contributed by atoms with E-state index < -0.39 is 0 Å². The van der Waals surface area contributed by atoms with Crippen molar-refractivity contribution in [2.24, 2.45) is 4.99 Å². The van der Waals surface area contributed by atoms with Crippen LogP contribution in [0.3, 0.4) is 0 Å². The molecule has 6 nitrogen and oxygen atoms in total. The third-order valence-corrected chi connectivity index (χ3v) is 3.93. The zero-order valence-electron chi connectivity index (χ0n) is 15.4. The zero-order valence-corrected chi connectivity index (χ0v) is 16.1. The zero-order chi connectivity index (χ0) is 18.8. The van der Waals surface area contributed by atoms with Crippen molar-refractivity contribution in [1.29, 1.82) is 0 Å². The summed E-state index contributed by atoms with van der Waals surface area (Å²) in [6, 6.07) is 9.63. The summed E-state index contributed by atoms with van der Waals surface area (Å²) >= 11 is 5.80. The maximum absolute atomic E-state index is 5.80. The second-order valence-electron chi connectivity index (χ2n) is 5.55. The molecular formula is C19H25ClN4O2. The largest absolute Gasteiger partial charge is 0.493 e. The third kappa shape index (κ3) is 6.11. The lowest BCUT2D eigenvalue weighted by Gasteiger charge is -2.12. The highest BCUT2D eigenvalue weighted by Crippen LogP contribution is 2.27. The Bertz CT molecular complexity index is 720. The predicted molar refractivity (Wildman–Crippen MR) is 105 cm³/mol. The summed E-state index contributed by atoms with van der Waals surface area (Å²) in [6.45, 7) is 4.12. The molecule has 140 valence electrons. The van der Waals surface area contributed by atoms with E-state index in [1.807, 2.05) is 31.2 Å². The molecule has 0 unspecified atom stereocenters. The molecule has 0 atom stereocenters. The van der Waals surface area contributed by atoms with Crippen LogP contribution in [-0.4, -0.2) is 38.3 Å². The molecule has 0 radical (unpaired) electrons. The van der Waals surface area contributed by atoms with Gasteiger partial charge in [0.15, 0.2) is 17.5 Å². The summed E-state index contributed by atoms with van der Waals surface area (Å²) in [5.41, 5.74) is 2.17. The number of ether oxygens (including phenoxy) is 2. The maximum Gasteiger partial charge on any atom is 0.191 e. The van der Waals surface area contributed by atoms with E-state index in [-0.39, 0.29) is 0 Å². The van der Waals surface area contributed by atoms with Gasteiger partial charge in [-0.3, -0.25) is 0 Å². The number of hydrogen-bond acceptors (Lipinski definition) is 4. The van der Waals surface area contributed by atoms with Gasteiger partial charge in [-0.25, -0.2) is 9.98 Å². The summed E-state index contributed by atoms with van der Waals surface area (Å²) in [5, 5.41) is 7.06. The number of nitrogens with one attached hydrogen (secondary N) is 2. The lowest BCUT2D eigenvalue weighted by atomic mass is 10.1. The van der Waals surface area contributed by atoms with E-state index >= 15 is 0 Å².